The fourth-order valence-corrected chi connectivity index (χ4v) is 3.68. The average molecular weight is 472 g/mol. The van der Waals surface area contributed by atoms with E-state index in [-0.39, 0.29) is 23.7 Å². The number of allylic oxidation sites excluding steroid dienone is 1. The van der Waals surface area contributed by atoms with Crippen molar-refractivity contribution in [1.29, 1.82) is 0 Å². The summed E-state index contributed by atoms with van der Waals surface area (Å²) in [7, 11) is 3.13. The molecule has 30 heavy (non-hydrogen) atoms. The van der Waals surface area contributed by atoms with E-state index in [1.165, 1.54) is 4.90 Å². The number of carbonyl (C=O) groups is 2. The number of amides is 1. The number of carbonyl (C=O) groups excluding carboxylic acids is 2. The van der Waals surface area contributed by atoms with E-state index in [1.54, 1.807) is 64.5 Å². The number of hydrogen-bond acceptors (Lipinski definition) is 5. The summed E-state index contributed by atoms with van der Waals surface area (Å²) in [5.74, 6) is 0.400. The number of benzene rings is 2. The number of nitrogens with zero attached hydrogens (tertiary/aromatic N) is 1. The second-order valence-electron chi connectivity index (χ2n) is 6.46. The maximum atomic E-state index is 13.4. The molecule has 1 heterocycles. The zero-order valence-corrected chi connectivity index (χ0v) is 18.8. The lowest BCUT2D eigenvalue weighted by Gasteiger charge is -2.18. The van der Waals surface area contributed by atoms with Crippen molar-refractivity contribution in [2.24, 2.45) is 0 Å². The van der Waals surface area contributed by atoms with Crippen molar-refractivity contribution < 1.29 is 23.8 Å². The highest BCUT2D eigenvalue weighted by atomic mass is 79.9. The third kappa shape index (κ3) is 4.11. The monoisotopic (exact) mass is 471 g/mol. The summed E-state index contributed by atoms with van der Waals surface area (Å²) >= 11 is 3.44. The highest BCUT2D eigenvalue weighted by molar-refractivity contribution is 9.10. The Morgan fingerprint density at radius 2 is 1.80 bits per heavy atom. The number of rotatable bonds is 6. The molecule has 1 aliphatic heterocycles. The molecule has 0 atom stereocenters. The molecule has 1 amide bonds. The predicted octanol–water partition coefficient (Wildman–Crippen LogP) is 4.73. The van der Waals surface area contributed by atoms with Gasteiger partial charge in [-0.05, 0) is 62.4 Å². The van der Waals surface area contributed by atoms with Gasteiger partial charge in [0.1, 0.15) is 11.5 Å². The third-order valence-electron chi connectivity index (χ3n) is 4.70. The fourth-order valence-electron chi connectivity index (χ4n) is 3.30. The van der Waals surface area contributed by atoms with Gasteiger partial charge in [-0.3, -0.25) is 9.69 Å². The number of halogens is 1. The first-order valence-corrected chi connectivity index (χ1v) is 10.1. The zero-order chi connectivity index (χ0) is 21.8. The molecule has 0 aliphatic carbocycles. The molecular formula is C23H22BrNO5. The van der Waals surface area contributed by atoms with Gasteiger partial charge in [0.05, 0.1) is 32.0 Å². The van der Waals surface area contributed by atoms with Crippen LogP contribution in [0.3, 0.4) is 0 Å². The Morgan fingerprint density at radius 3 is 2.40 bits per heavy atom. The minimum absolute atomic E-state index is 0.208. The van der Waals surface area contributed by atoms with Crippen LogP contribution in [0.5, 0.6) is 11.5 Å². The smallest absolute Gasteiger partial charge is 0.340 e. The molecule has 0 radical (unpaired) electrons. The largest absolute Gasteiger partial charge is 0.497 e. The summed E-state index contributed by atoms with van der Waals surface area (Å²) in [6, 6.07) is 12.5. The standard InChI is InChI=1S/C23H22BrNO5/c1-5-30-23(27)21-14(2)25(17-7-9-18(28-3)10-8-17)22(26)19(21)13-15-12-16(24)6-11-20(15)29-4/h6-13H,5H2,1-4H3. The minimum Gasteiger partial charge on any atom is -0.497 e. The molecule has 7 heteroatoms. The first-order valence-electron chi connectivity index (χ1n) is 9.33. The average Bonchev–Trinajstić information content (AvgIpc) is 2.98. The summed E-state index contributed by atoms with van der Waals surface area (Å²) in [4.78, 5) is 27.6. The molecule has 0 bridgehead atoms. The van der Waals surface area contributed by atoms with Crippen LogP contribution in [-0.4, -0.2) is 32.7 Å². The van der Waals surface area contributed by atoms with Gasteiger partial charge < -0.3 is 14.2 Å². The molecule has 0 fully saturated rings. The molecule has 0 spiro atoms. The molecule has 2 aromatic carbocycles. The Balaban J connectivity index is 2.15. The Kier molecular flexibility index (Phi) is 6.62. The van der Waals surface area contributed by atoms with Gasteiger partial charge in [-0.2, -0.15) is 0 Å². The van der Waals surface area contributed by atoms with Crippen molar-refractivity contribution in [2.45, 2.75) is 13.8 Å². The number of methoxy groups -OCH3 is 2. The molecule has 6 nitrogen and oxygen atoms in total. The van der Waals surface area contributed by atoms with Crippen molar-refractivity contribution in [1.82, 2.24) is 0 Å². The summed E-state index contributed by atoms with van der Waals surface area (Å²) in [6.45, 7) is 3.67. The van der Waals surface area contributed by atoms with E-state index in [0.717, 1.165) is 4.47 Å². The van der Waals surface area contributed by atoms with Gasteiger partial charge in [-0.1, -0.05) is 15.9 Å². The van der Waals surface area contributed by atoms with Gasteiger partial charge in [0.2, 0.25) is 0 Å². The van der Waals surface area contributed by atoms with Gasteiger partial charge in [-0.25, -0.2) is 4.79 Å². The molecule has 0 aromatic heterocycles. The summed E-state index contributed by atoms with van der Waals surface area (Å²) < 4.78 is 16.7. The van der Waals surface area contributed by atoms with Crippen LogP contribution < -0.4 is 14.4 Å². The lowest BCUT2D eigenvalue weighted by molar-refractivity contribution is -0.138. The molecule has 1 aliphatic rings. The zero-order valence-electron chi connectivity index (χ0n) is 17.2. The van der Waals surface area contributed by atoms with Crippen molar-refractivity contribution >= 4 is 39.6 Å². The van der Waals surface area contributed by atoms with E-state index < -0.39 is 5.97 Å². The Hall–Kier alpha value is -3.06. The lowest BCUT2D eigenvalue weighted by Crippen LogP contribution is -2.24. The second-order valence-corrected chi connectivity index (χ2v) is 7.38. The van der Waals surface area contributed by atoms with Crippen LogP contribution >= 0.6 is 15.9 Å². The van der Waals surface area contributed by atoms with Crippen LogP contribution in [-0.2, 0) is 14.3 Å². The number of esters is 1. The Bertz CT molecular complexity index is 1040. The van der Waals surface area contributed by atoms with Crippen LogP contribution in [0.2, 0.25) is 0 Å². The van der Waals surface area contributed by atoms with E-state index in [1.807, 2.05) is 12.1 Å². The second kappa shape index (κ2) is 9.17. The van der Waals surface area contributed by atoms with Gasteiger partial charge in [-0.15, -0.1) is 0 Å². The summed E-state index contributed by atoms with van der Waals surface area (Å²) in [6.07, 6.45) is 1.66. The van der Waals surface area contributed by atoms with Crippen LogP contribution in [0.1, 0.15) is 19.4 Å². The quantitative estimate of drug-likeness (QED) is 0.449. The lowest BCUT2D eigenvalue weighted by atomic mass is 10.0. The first-order chi connectivity index (χ1) is 14.4. The molecule has 0 unspecified atom stereocenters. The maximum Gasteiger partial charge on any atom is 0.340 e. The van der Waals surface area contributed by atoms with Gasteiger partial charge in [0.25, 0.3) is 5.91 Å². The molecule has 0 N–H and O–H groups in total. The molecule has 0 saturated heterocycles. The molecule has 3 rings (SSSR count). The Labute approximate surface area is 183 Å². The maximum absolute atomic E-state index is 13.4. The van der Waals surface area contributed by atoms with Crippen LogP contribution in [0.15, 0.2) is 63.8 Å². The minimum atomic E-state index is -0.542. The fraction of sp³-hybridized carbons (Fsp3) is 0.217. The van der Waals surface area contributed by atoms with Crippen molar-refractivity contribution in [3.63, 3.8) is 0 Å². The van der Waals surface area contributed by atoms with E-state index in [2.05, 4.69) is 15.9 Å². The molecular weight excluding hydrogens is 450 g/mol. The predicted molar refractivity (Wildman–Crippen MR) is 118 cm³/mol. The summed E-state index contributed by atoms with van der Waals surface area (Å²) in [5, 5.41) is 0. The third-order valence-corrected chi connectivity index (χ3v) is 5.20. The molecule has 2 aromatic rings. The van der Waals surface area contributed by atoms with Crippen LogP contribution in [0.4, 0.5) is 5.69 Å². The highest BCUT2D eigenvalue weighted by Gasteiger charge is 2.38. The first kappa shape index (κ1) is 21.6. The van der Waals surface area contributed by atoms with Gasteiger partial charge in [0, 0.05) is 21.4 Å². The van der Waals surface area contributed by atoms with Crippen molar-refractivity contribution in [2.75, 3.05) is 25.7 Å². The van der Waals surface area contributed by atoms with E-state index in [4.69, 9.17) is 14.2 Å². The number of hydrogen-bond donors (Lipinski definition) is 0. The SMILES string of the molecule is CCOC(=O)C1=C(C)N(c2ccc(OC)cc2)C(=O)C1=Cc1cc(Br)ccc1OC. The normalized spacial score (nSPS) is 15.0. The van der Waals surface area contributed by atoms with Crippen molar-refractivity contribution in [3.05, 3.63) is 69.3 Å². The van der Waals surface area contributed by atoms with Crippen molar-refractivity contribution in [3.8, 4) is 11.5 Å². The number of anilines is 1. The molecule has 156 valence electrons. The van der Waals surface area contributed by atoms with Gasteiger partial charge in [0.15, 0.2) is 0 Å². The van der Waals surface area contributed by atoms with Crippen LogP contribution in [0, 0.1) is 0 Å². The highest BCUT2D eigenvalue weighted by Crippen LogP contribution is 2.37. The summed E-state index contributed by atoms with van der Waals surface area (Å²) in [5.41, 5.74) is 2.29. The number of ether oxygens (including phenoxy) is 3. The molecule has 0 saturated carbocycles. The van der Waals surface area contributed by atoms with Crippen LogP contribution in [0.25, 0.3) is 6.08 Å². The Morgan fingerprint density at radius 1 is 1.10 bits per heavy atom. The van der Waals surface area contributed by atoms with Gasteiger partial charge >= 0.3 is 5.97 Å². The topological polar surface area (TPSA) is 65.1 Å². The van der Waals surface area contributed by atoms with E-state index in [9.17, 15) is 9.59 Å². The van der Waals surface area contributed by atoms with E-state index >= 15 is 0 Å². The van der Waals surface area contributed by atoms with E-state index in [0.29, 0.717) is 28.4 Å².